The van der Waals surface area contributed by atoms with E-state index in [2.05, 4.69) is 54.5 Å². The van der Waals surface area contributed by atoms with E-state index in [-0.39, 0.29) is 5.82 Å². The van der Waals surface area contributed by atoms with E-state index in [0.717, 1.165) is 13.6 Å². The number of rotatable bonds is 2. The molecule has 94 valence electrons. The second-order valence-corrected chi connectivity index (χ2v) is 6.67. The van der Waals surface area contributed by atoms with Crippen molar-refractivity contribution in [3.05, 3.63) is 65.9 Å². The van der Waals surface area contributed by atoms with Crippen LogP contribution in [0.4, 0.5) is 4.39 Å². The van der Waals surface area contributed by atoms with Crippen LogP contribution < -0.4 is 0 Å². The van der Waals surface area contributed by atoms with Gasteiger partial charge in [0.1, 0.15) is 11.9 Å². The number of halogens is 4. The number of aliphatic hydroxyl groups is 1. The van der Waals surface area contributed by atoms with E-state index in [0.29, 0.717) is 10.0 Å². The Morgan fingerprint density at radius 3 is 2.50 bits per heavy atom. The van der Waals surface area contributed by atoms with Gasteiger partial charge in [0, 0.05) is 8.04 Å². The van der Waals surface area contributed by atoms with Crippen LogP contribution in [0.15, 0.2) is 45.3 Å². The largest absolute Gasteiger partial charge is 0.384 e. The third kappa shape index (κ3) is 3.12. The molecule has 2 aromatic carbocycles. The van der Waals surface area contributed by atoms with Gasteiger partial charge < -0.3 is 5.11 Å². The highest BCUT2D eigenvalue weighted by Gasteiger charge is 2.15. The predicted octanol–water partition coefficient (Wildman–Crippen LogP) is 5.04. The molecule has 0 radical (unpaired) electrons. The zero-order valence-electron chi connectivity index (χ0n) is 9.00. The summed E-state index contributed by atoms with van der Waals surface area (Å²) in [4.78, 5) is 0. The molecule has 5 heteroatoms. The fraction of sp³-hybridized carbons (Fsp3) is 0.0769. The van der Waals surface area contributed by atoms with Gasteiger partial charge in [-0.1, -0.05) is 22.0 Å². The zero-order chi connectivity index (χ0) is 13.3. The lowest BCUT2D eigenvalue weighted by Gasteiger charge is -2.14. The first kappa shape index (κ1) is 14.4. The van der Waals surface area contributed by atoms with Crippen LogP contribution in [0.3, 0.4) is 0 Å². The maximum absolute atomic E-state index is 13.2. The van der Waals surface area contributed by atoms with E-state index in [1.54, 1.807) is 12.1 Å². The molecule has 18 heavy (non-hydrogen) atoms. The summed E-state index contributed by atoms with van der Waals surface area (Å²) in [5, 5.41) is 10.3. The van der Waals surface area contributed by atoms with E-state index in [1.807, 2.05) is 18.2 Å². The molecule has 1 unspecified atom stereocenters. The van der Waals surface area contributed by atoms with Crippen LogP contribution in [0.25, 0.3) is 0 Å². The average Bonchev–Trinajstić information content (AvgIpc) is 2.35. The van der Waals surface area contributed by atoms with Gasteiger partial charge in [0.2, 0.25) is 0 Å². The Labute approximate surface area is 135 Å². The molecular weight excluding hydrogens is 478 g/mol. The van der Waals surface area contributed by atoms with Gasteiger partial charge in [-0.15, -0.1) is 0 Å². The zero-order valence-corrected chi connectivity index (χ0v) is 14.3. The molecule has 0 amide bonds. The van der Waals surface area contributed by atoms with E-state index in [1.165, 1.54) is 6.07 Å². The third-order valence-electron chi connectivity index (χ3n) is 2.51. The average molecular weight is 486 g/mol. The lowest BCUT2D eigenvalue weighted by atomic mass is 10.0. The quantitative estimate of drug-likeness (QED) is 0.591. The highest BCUT2D eigenvalue weighted by molar-refractivity contribution is 14.1. The topological polar surface area (TPSA) is 20.2 Å². The van der Waals surface area contributed by atoms with E-state index < -0.39 is 6.10 Å². The maximum atomic E-state index is 13.2. The van der Waals surface area contributed by atoms with Crippen LogP contribution >= 0.6 is 54.5 Å². The predicted molar refractivity (Wildman–Crippen MR) is 85.0 cm³/mol. The summed E-state index contributed by atoms with van der Waals surface area (Å²) in [7, 11) is 0. The van der Waals surface area contributed by atoms with Crippen molar-refractivity contribution in [3.63, 3.8) is 0 Å². The first-order chi connectivity index (χ1) is 8.49. The molecule has 0 saturated heterocycles. The fourth-order valence-electron chi connectivity index (χ4n) is 1.59. The SMILES string of the molecule is OC(c1ccc(F)c(Br)c1)c1cc(Br)ccc1I. The molecule has 0 aliphatic rings. The second kappa shape index (κ2) is 5.98. The molecular formula is C13H8Br2FIO. The third-order valence-corrected chi connectivity index (χ3v) is 4.60. The number of aliphatic hydroxyl groups excluding tert-OH is 1. The maximum Gasteiger partial charge on any atom is 0.137 e. The number of hydrogen-bond acceptors (Lipinski definition) is 1. The van der Waals surface area contributed by atoms with Gasteiger partial charge in [0.05, 0.1) is 4.47 Å². The molecule has 0 aromatic heterocycles. The standard InChI is InChI=1S/C13H8Br2FIO/c14-8-2-4-12(17)9(6-8)13(18)7-1-3-11(16)10(15)5-7/h1-6,13,18H. The van der Waals surface area contributed by atoms with Gasteiger partial charge in [-0.25, -0.2) is 4.39 Å². The van der Waals surface area contributed by atoms with Crippen molar-refractivity contribution in [2.24, 2.45) is 0 Å². The minimum Gasteiger partial charge on any atom is -0.384 e. The molecule has 2 rings (SSSR count). The lowest BCUT2D eigenvalue weighted by Crippen LogP contribution is -2.02. The molecule has 0 heterocycles. The van der Waals surface area contributed by atoms with Crippen molar-refractivity contribution < 1.29 is 9.50 Å². The van der Waals surface area contributed by atoms with Crippen LogP contribution in [0, 0.1) is 9.39 Å². The molecule has 1 atom stereocenters. The van der Waals surface area contributed by atoms with Crippen molar-refractivity contribution >= 4 is 54.5 Å². The summed E-state index contributed by atoms with van der Waals surface area (Å²) in [6.45, 7) is 0. The van der Waals surface area contributed by atoms with Crippen molar-refractivity contribution in [3.8, 4) is 0 Å². The lowest BCUT2D eigenvalue weighted by molar-refractivity contribution is 0.219. The Bertz CT molecular complexity index is 589. The Kier molecular flexibility index (Phi) is 4.80. The highest BCUT2D eigenvalue weighted by atomic mass is 127. The van der Waals surface area contributed by atoms with Crippen molar-refractivity contribution in [1.29, 1.82) is 0 Å². The Hall–Kier alpha value is 0.0200. The minimum absolute atomic E-state index is 0.338. The number of benzene rings is 2. The summed E-state index contributed by atoms with van der Waals surface area (Å²) < 4.78 is 15.4. The van der Waals surface area contributed by atoms with Crippen LogP contribution in [0.1, 0.15) is 17.2 Å². The van der Waals surface area contributed by atoms with Crippen LogP contribution in [-0.4, -0.2) is 5.11 Å². The first-order valence-corrected chi connectivity index (χ1v) is 7.73. The minimum atomic E-state index is -0.772. The first-order valence-electron chi connectivity index (χ1n) is 5.07. The molecule has 0 aliphatic heterocycles. The fourth-order valence-corrected chi connectivity index (χ4v) is 2.99. The van der Waals surface area contributed by atoms with Crippen molar-refractivity contribution in [2.45, 2.75) is 6.10 Å². The molecule has 0 saturated carbocycles. The molecule has 0 spiro atoms. The van der Waals surface area contributed by atoms with E-state index in [9.17, 15) is 9.50 Å². The van der Waals surface area contributed by atoms with Crippen LogP contribution in [-0.2, 0) is 0 Å². The smallest absolute Gasteiger partial charge is 0.137 e. The summed E-state index contributed by atoms with van der Waals surface area (Å²) in [6, 6.07) is 10.2. The van der Waals surface area contributed by atoms with Crippen molar-refractivity contribution in [1.82, 2.24) is 0 Å². The number of hydrogen-bond donors (Lipinski definition) is 1. The molecule has 1 N–H and O–H groups in total. The van der Waals surface area contributed by atoms with Gasteiger partial charge in [-0.3, -0.25) is 0 Å². The van der Waals surface area contributed by atoms with Crippen molar-refractivity contribution in [2.75, 3.05) is 0 Å². The van der Waals surface area contributed by atoms with Gasteiger partial charge >= 0.3 is 0 Å². The summed E-state index contributed by atoms with van der Waals surface area (Å²) >= 11 is 8.67. The molecule has 0 bridgehead atoms. The Morgan fingerprint density at radius 2 is 1.83 bits per heavy atom. The Balaban J connectivity index is 2.44. The van der Waals surface area contributed by atoms with E-state index >= 15 is 0 Å². The Morgan fingerprint density at radius 1 is 1.11 bits per heavy atom. The van der Waals surface area contributed by atoms with E-state index in [4.69, 9.17) is 0 Å². The molecule has 0 fully saturated rings. The van der Waals surface area contributed by atoms with Gasteiger partial charge in [-0.2, -0.15) is 0 Å². The molecule has 2 aromatic rings. The molecule has 1 nitrogen and oxygen atoms in total. The van der Waals surface area contributed by atoms with Gasteiger partial charge in [-0.05, 0) is 80.0 Å². The van der Waals surface area contributed by atoms with Crippen LogP contribution in [0.5, 0.6) is 0 Å². The summed E-state index contributed by atoms with van der Waals surface area (Å²) in [5.74, 6) is -0.338. The van der Waals surface area contributed by atoms with Gasteiger partial charge in [0.15, 0.2) is 0 Å². The normalized spacial score (nSPS) is 12.5. The summed E-state index contributed by atoms with van der Waals surface area (Å²) in [5.41, 5.74) is 1.45. The highest BCUT2D eigenvalue weighted by Crippen LogP contribution is 2.30. The van der Waals surface area contributed by atoms with Gasteiger partial charge in [0.25, 0.3) is 0 Å². The molecule has 0 aliphatic carbocycles. The van der Waals surface area contributed by atoms with Crippen LogP contribution in [0.2, 0.25) is 0 Å². The summed E-state index contributed by atoms with van der Waals surface area (Å²) in [6.07, 6.45) is -0.772. The monoisotopic (exact) mass is 484 g/mol. The second-order valence-electron chi connectivity index (χ2n) is 3.74.